The minimum atomic E-state index is -4.53. The van der Waals surface area contributed by atoms with Crippen molar-refractivity contribution in [2.24, 2.45) is 0 Å². The normalized spacial score (nSPS) is 17.2. The Morgan fingerprint density at radius 3 is 2.27 bits per heavy atom. The lowest BCUT2D eigenvalue weighted by Gasteiger charge is -2.24. The summed E-state index contributed by atoms with van der Waals surface area (Å²) in [7, 11) is -7.77. The third kappa shape index (κ3) is 8.61. The molecule has 1 amide bonds. The second-order valence-corrected chi connectivity index (χ2v) is 13.0. The van der Waals surface area contributed by atoms with Gasteiger partial charge < -0.3 is 10.4 Å². The molecule has 1 unspecified atom stereocenters. The molecule has 3 N–H and O–H groups in total. The number of benzene rings is 2. The molecule has 15 heteroatoms. The minimum Gasteiger partial charge on any atom is -0.481 e. The van der Waals surface area contributed by atoms with E-state index in [0.717, 1.165) is 17.5 Å². The topological polar surface area (TPSA) is 150 Å². The van der Waals surface area contributed by atoms with Crippen LogP contribution in [0.2, 0.25) is 0 Å². The van der Waals surface area contributed by atoms with Gasteiger partial charge in [0.15, 0.2) is 0 Å². The molecule has 2 aromatic rings. The van der Waals surface area contributed by atoms with Gasteiger partial charge in [-0.3, -0.25) is 9.59 Å². The number of carboxylic acid groups (broad SMARTS) is 1. The fourth-order valence-electron chi connectivity index (χ4n) is 4.45. The lowest BCUT2D eigenvalue weighted by Crippen LogP contribution is -2.42. The summed E-state index contributed by atoms with van der Waals surface area (Å²) in [5, 5.41) is 12.1. The molecule has 1 fully saturated rings. The standard InChI is InChI=1S/C26H30F3N3O7S2/c1-2-40(36,37)31-17-21-4-3-15-32(21)41(38,39)22-11-7-19(8-12-22)23(25(35)30-14-13-24(33)34)16-18-5-9-20(10-6-18)26(27,28)29/h2,5-12,21,23,31H,1,3-4,13-17H2,(H,30,35)(H,33,34)/t21-,23?/m0/s1. The molecule has 2 aromatic carbocycles. The molecule has 41 heavy (non-hydrogen) atoms. The first-order valence-electron chi connectivity index (χ1n) is 12.5. The van der Waals surface area contributed by atoms with Crippen LogP contribution in [-0.4, -0.2) is 63.8 Å². The first kappa shape index (κ1) is 32.2. The number of nitrogens with one attached hydrogen (secondary N) is 2. The van der Waals surface area contributed by atoms with Crippen LogP contribution in [0.5, 0.6) is 0 Å². The SMILES string of the molecule is C=CS(=O)(=O)NC[C@@H]1CCCN1S(=O)(=O)c1ccc(C(Cc2ccc(C(F)(F)F)cc2)C(=O)NCCC(=O)O)cc1. The monoisotopic (exact) mass is 617 g/mol. The van der Waals surface area contributed by atoms with Crippen molar-refractivity contribution < 1.29 is 44.7 Å². The van der Waals surface area contributed by atoms with E-state index in [9.17, 15) is 39.6 Å². The summed E-state index contributed by atoms with van der Waals surface area (Å²) in [6.07, 6.45) is -3.92. The molecular formula is C26H30F3N3O7S2. The predicted molar refractivity (Wildman–Crippen MR) is 144 cm³/mol. The van der Waals surface area contributed by atoms with Gasteiger partial charge in [0, 0.05) is 31.1 Å². The van der Waals surface area contributed by atoms with Crippen LogP contribution in [0.4, 0.5) is 13.2 Å². The van der Waals surface area contributed by atoms with E-state index in [-0.39, 0.29) is 37.4 Å². The maximum absolute atomic E-state index is 13.4. The summed E-state index contributed by atoms with van der Waals surface area (Å²) in [5.74, 6) is -2.65. The number of sulfonamides is 2. The van der Waals surface area contributed by atoms with E-state index in [1.165, 1.54) is 40.7 Å². The maximum atomic E-state index is 13.4. The number of alkyl halides is 3. The van der Waals surface area contributed by atoms with Crippen molar-refractivity contribution in [2.45, 2.75) is 48.7 Å². The fraction of sp³-hybridized carbons (Fsp3) is 0.385. The number of carbonyl (C=O) groups is 2. The van der Waals surface area contributed by atoms with E-state index in [4.69, 9.17) is 5.11 Å². The van der Waals surface area contributed by atoms with Crippen molar-refractivity contribution in [1.82, 2.24) is 14.3 Å². The van der Waals surface area contributed by atoms with Crippen LogP contribution in [-0.2, 0) is 42.2 Å². The van der Waals surface area contributed by atoms with Crippen LogP contribution in [0, 0.1) is 0 Å². The third-order valence-corrected chi connectivity index (χ3v) is 9.60. The number of aliphatic carboxylic acids is 1. The number of hydrogen-bond acceptors (Lipinski definition) is 6. The van der Waals surface area contributed by atoms with E-state index in [1.807, 2.05) is 0 Å². The maximum Gasteiger partial charge on any atom is 0.416 e. The van der Waals surface area contributed by atoms with Gasteiger partial charge in [-0.15, -0.1) is 0 Å². The Morgan fingerprint density at radius 2 is 1.71 bits per heavy atom. The highest BCUT2D eigenvalue weighted by atomic mass is 32.2. The average Bonchev–Trinajstić information content (AvgIpc) is 3.40. The molecule has 1 heterocycles. The summed E-state index contributed by atoms with van der Waals surface area (Å²) in [4.78, 5) is 23.8. The van der Waals surface area contributed by atoms with Crippen molar-refractivity contribution in [3.63, 3.8) is 0 Å². The van der Waals surface area contributed by atoms with Gasteiger partial charge in [-0.2, -0.15) is 17.5 Å². The highest BCUT2D eigenvalue weighted by molar-refractivity contribution is 7.92. The molecule has 1 aliphatic heterocycles. The minimum absolute atomic E-state index is 0.0270. The Hall–Kier alpha value is -3.27. The molecule has 3 rings (SSSR count). The van der Waals surface area contributed by atoms with Gasteiger partial charge in [-0.05, 0) is 54.7 Å². The quantitative estimate of drug-likeness (QED) is 0.313. The molecule has 224 valence electrons. The van der Waals surface area contributed by atoms with Gasteiger partial charge in [0.25, 0.3) is 0 Å². The molecular weight excluding hydrogens is 587 g/mol. The van der Waals surface area contributed by atoms with Gasteiger partial charge in [0.2, 0.25) is 26.0 Å². The zero-order valence-electron chi connectivity index (χ0n) is 21.8. The molecule has 1 saturated heterocycles. The Morgan fingerprint density at radius 1 is 1.07 bits per heavy atom. The number of carboxylic acids is 1. The lowest BCUT2D eigenvalue weighted by molar-refractivity contribution is -0.138. The van der Waals surface area contributed by atoms with E-state index in [2.05, 4.69) is 16.6 Å². The van der Waals surface area contributed by atoms with Crippen LogP contribution < -0.4 is 10.0 Å². The molecule has 10 nitrogen and oxygen atoms in total. The molecule has 0 aromatic heterocycles. The van der Waals surface area contributed by atoms with Crippen LogP contribution in [0.1, 0.15) is 41.9 Å². The van der Waals surface area contributed by atoms with Crippen LogP contribution in [0.25, 0.3) is 0 Å². The van der Waals surface area contributed by atoms with Crippen molar-refractivity contribution in [3.8, 4) is 0 Å². The Labute approximate surface area is 236 Å². The van der Waals surface area contributed by atoms with Crippen molar-refractivity contribution >= 4 is 31.9 Å². The van der Waals surface area contributed by atoms with E-state index in [0.29, 0.717) is 24.0 Å². The van der Waals surface area contributed by atoms with Gasteiger partial charge in [0.05, 0.1) is 22.8 Å². The molecule has 0 aliphatic carbocycles. The zero-order valence-corrected chi connectivity index (χ0v) is 23.4. The van der Waals surface area contributed by atoms with E-state index >= 15 is 0 Å². The highest BCUT2D eigenvalue weighted by Gasteiger charge is 2.36. The summed E-state index contributed by atoms with van der Waals surface area (Å²) in [5.41, 5.74) is -0.0702. The third-order valence-electron chi connectivity index (χ3n) is 6.63. The largest absolute Gasteiger partial charge is 0.481 e. The summed E-state index contributed by atoms with van der Waals surface area (Å²) >= 11 is 0. The Kier molecular flexibility index (Phi) is 10.3. The number of hydrogen-bond donors (Lipinski definition) is 3. The van der Waals surface area contributed by atoms with E-state index in [1.54, 1.807) is 0 Å². The molecule has 2 atom stereocenters. The van der Waals surface area contributed by atoms with Gasteiger partial charge in [-0.25, -0.2) is 21.6 Å². The van der Waals surface area contributed by atoms with Crippen LogP contribution in [0.3, 0.4) is 0 Å². The second-order valence-electron chi connectivity index (χ2n) is 9.43. The number of carbonyl (C=O) groups excluding carboxylic acids is 1. The molecule has 1 aliphatic rings. The van der Waals surface area contributed by atoms with Crippen LogP contribution in [0.15, 0.2) is 65.4 Å². The van der Waals surface area contributed by atoms with Gasteiger partial charge >= 0.3 is 12.1 Å². The summed E-state index contributed by atoms with van der Waals surface area (Å²) < 4.78 is 92.6. The van der Waals surface area contributed by atoms with E-state index < -0.39 is 55.6 Å². The number of nitrogens with zero attached hydrogens (tertiary/aromatic N) is 1. The molecule has 0 radical (unpaired) electrons. The second kappa shape index (κ2) is 13.1. The smallest absolute Gasteiger partial charge is 0.416 e. The first-order valence-corrected chi connectivity index (χ1v) is 15.5. The molecule has 0 spiro atoms. The number of amides is 1. The zero-order chi connectivity index (χ0) is 30.4. The summed E-state index contributed by atoms with van der Waals surface area (Å²) in [6.45, 7) is 3.10. The highest BCUT2D eigenvalue weighted by Crippen LogP contribution is 2.31. The van der Waals surface area contributed by atoms with Crippen molar-refractivity contribution in [1.29, 1.82) is 0 Å². The molecule has 0 saturated carbocycles. The first-order chi connectivity index (χ1) is 19.1. The van der Waals surface area contributed by atoms with Crippen LogP contribution >= 0.6 is 0 Å². The van der Waals surface area contributed by atoms with Crippen molar-refractivity contribution in [3.05, 3.63) is 77.2 Å². The van der Waals surface area contributed by atoms with Crippen molar-refractivity contribution in [2.75, 3.05) is 19.6 Å². The van der Waals surface area contributed by atoms with Gasteiger partial charge in [-0.1, -0.05) is 30.8 Å². The number of halogens is 3. The Bertz CT molecular complexity index is 1460. The molecule has 0 bridgehead atoms. The summed E-state index contributed by atoms with van der Waals surface area (Å²) in [6, 6.07) is 9.12. The fourth-order valence-corrected chi connectivity index (χ4v) is 6.69. The number of rotatable bonds is 13. The average molecular weight is 618 g/mol. The van der Waals surface area contributed by atoms with Gasteiger partial charge in [0.1, 0.15) is 0 Å². The Balaban J connectivity index is 1.84. The lowest BCUT2D eigenvalue weighted by atomic mass is 9.90. The predicted octanol–water partition coefficient (Wildman–Crippen LogP) is 2.84.